The van der Waals surface area contributed by atoms with Gasteiger partial charge in [0.15, 0.2) is 0 Å². The molecule has 1 fully saturated rings. The van der Waals surface area contributed by atoms with Crippen LogP contribution in [0.4, 0.5) is 0 Å². The Bertz CT molecular complexity index is 897. The van der Waals surface area contributed by atoms with E-state index in [-0.39, 0.29) is 11.9 Å². The van der Waals surface area contributed by atoms with Crippen molar-refractivity contribution in [1.29, 1.82) is 0 Å². The number of rotatable bonds is 3. The molecule has 0 spiro atoms. The molecular weight excluding hydrogens is 334 g/mol. The van der Waals surface area contributed by atoms with Gasteiger partial charge in [0.25, 0.3) is 0 Å². The van der Waals surface area contributed by atoms with E-state index in [1.165, 1.54) is 0 Å². The molecule has 0 radical (unpaired) electrons. The summed E-state index contributed by atoms with van der Waals surface area (Å²) in [6.07, 6.45) is 5.37. The van der Waals surface area contributed by atoms with Crippen molar-refractivity contribution in [1.82, 2.24) is 14.9 Å². The lowest BCUT2D eigenvalue weighted by Gasteiger charge is -2.21. The molecule has 1 atom stereocenters. The number of halogens is 1. The molecule has 4 rings (SSSR count). The number of hydrogen-bond acceptors (Lipinski definition) is 2. The second-order valence-electron chi connectivity index (χ2n) is 6.21. The highest BCUT2D eigenvalue weighted by Gasteiger charge is 2.30. The number of amides is 1. The van der Waals surface area contributed by atoms with E-state index in [9.17, 15) is 4.79 Å². The molecule has 1 amide bonds. The lowest BCUT2D eigenvalue weighted by atomic mass is 10.2. The number of benzene rings is 2. The minimum atomic E-state index is 0.00904. The molecule has 0 bridgehead atoms. The van der Waals surface area contributed by atoms with Crippen LogP contribution in [0, 0.1) is 0 Å². The summed E-state index contributed by atoms with van der Waals surface area (Å²) in [4.78, 5) is 22.6. The van der Waals surface area contributed by atoms with E-state index in [2.05, 4.69) is 9.97 Å². The Kier molecular flexibility index (Phi) is 4.28. The zero-order valence-corrected chi connectivity index (χ0v) is 14.4. The van der Waals surface area contributed by atoms with Crippen molar-refractivity contribution in [3.05, 3.63) is 71.0 Å². The predicted molar refractivity (Wildman–Crippen MR) is 100 cm³/mol. The molecule has 1 N–H and O–H groups in total. The molecule has 25 heavy (non-hydrogen) atoms. The number of aromatic amines is 1. The summed E-state index contributed by atoms with van der Waals surface area (Å²) in [7, 11) is 0. The Morgan fingerprint density at radius 2 is 2.00 bits per heavy atom. The maximum absolute atomic E-state index is 12.7. The van der Waals surface area contributed by atoms with E-state index >= 15 is 0 Å². The molecule has 2 aromatic carbocycles. The highest BCUT2D eigenvalue weighted by atomic mass is 35.5. The number of nitrogens with one attached hydrogen (secondary N) is 1. The quantitative estimate of drug-likeness (QED) is 0.701. The van der Waals surface area contributed by atoms with Crippen molar-refractivity contribution in [2.45, 2.75) is 18.9 Å². The van der Waals surface area contributed by atoms with Gasteiger partial charge in [0, 0.05) is 17.6 Å². The first-order valence-electron chi connectivity index (χ1n) is 8.39. The second kappa shape index (κ2) is 6.73. The smallest absolute Gasteiger partial charge is 0.247 e. The van der Waals surface area contributed by atoms with Crippen molar-refractivity contribution in [3.8, 4) is 0 Å². The Hall–Kier alpha value is -2.59. The fourth-order valence-corrected chi connectivity index (χ4v) is 3.41. The molecule has 1 aliphatic heterocycles. The van der Waals surface area contributed by atoms with Gasteiger partial charge in [-0.3, -0.25) is 4.79 Å². The lowest BCUT2D eigenvalue weighted by molar-refractivity contribution is -0.126. The second-order valence-corrected chi connectivity index (χ2v) is 6.65. The zero-order valence-electron chi connectivity index (χ0n) is 13.7. The van der Waals surface area contributed by atoms with Gasteiger partial charge in [-0.25, -0.2) is 4.98 Å². The van der Waals surface area contributed by atoms with Crippen molar-refractivity contribution in [2.24, 2.45) is 0 Å². The van der Waals surface area contributed by atoms with E-state index < -0.39 is 0 Å². The van der Waals surface area contributed by atoms with Gasteiger partial charge < -0.3 is 9.88 Å². The first-order chi connectivity index (χ1) is 12.2. The minimum absolute atomic E-state index is 0.00904. The SMILES string of the molecule is O=C(/C=C/c1ccc(Cl)cc1)N1CCCC1c1nc2ccccc2[nH]1. The number of imidazole rings is 1. The molecule has 1 saturated heterocycles. The van der Waals surface area contributed by atoms with Gasteiger partial charge in [0.2, 0.25) is 5.91 Å². The predicted octanol–water partition coefficient (Wildman–Crippen LogP) is 4.59. The Labute approximate surface area is 151 Å². The molecule has 1 unspecified atom stereocenters. The maximum Gasteiger partial charge on any atom is 0.247 e. The van der Waals surface area contributed by atoms with Crippen LogP contribution < -0.4 is 0 Å². The lowest BCUT2D eigenvalue weighted by Crippen LogP contribution is -2.29. The third kappa shape index (κ3) is 3.30. The van der Waals surface area contributed by atoms with Crippen LogP contribution in [0.3, 0.4) is 0 Å². The zero-order chi connectivity index (χ0) is 17.2. The third-order valence-corrected chi connectivity index (χ3v) is 4.80. The number of para-hydroxylation sites is 2. The van der Waals surface area contributed by atoms with Gasteiger partial charge in [0.1, 0.15) is 5.82 Å². The molecule has 1 aromatic heterocycles. The molecule has 5 heteroatoms. The van der Waals surface area contributed by atoms with Crippen molar-refractivity contribution in [2.75, 3.05) is 6.54 Å². The van der Waals surface area contributed by atoms with E-state index in [1.54, 1.807) is 6.08 Å². The van der Waals surface area contributed by atoms with Crippen LogP contribution in [0.25, 0.3) is 17.1 Å². The van der Waals surface area contributed by atoms with E-state index in [1.807, 2.05) is 59.5 Å². The van der Waals surface area contributed by atoms with Crippen molar-refractivity contribution >= 4 is 34.6 Å². The number of H-pyrrole nitrogens is 1. The normalized spacial score (nSPS) is 17.6. The number of carbonyl (C=O) groups is 1. The van der Waals surface area contributed by atoms with Crippen LogP contribution >= 0.6 is 11.6 Å². The Morgan fingerprint density at radius 3 is 2.80 bits per heavy atom. The van der Waals surface area contributed by atoms with Crippen LogP contribution in [0.15, 0.2) is 54.6 Å². The van der Waals surface area contributed by atoms with Crippen LogP contribution in [0.5, 0.6) is 0 Å². The van der Waals surface area contributed by atoms with Gasteiger partial charge in [0.05, 0.1) is 17.1 Å². The fraction of sp³-hybridized carbons (Fsp3) is 0.200. The first kappa shape index (κ1) is 15.9. The molecule has 2 heterocycles. The largest absolute Gasteiger partial charge is 0.340 e. The summed E-state index contributed by atoms with van der Waals surface area (Å²) < 4.78 is 0. The molecule has 3 aromatic rings. The van der Waals surface area contributed by atoms with Gasteiger partial charge in [-0.05, 0) is 48.7 Å². The molecule has 0 saturated carbocycles. The number of fused-ring (bicyclic) bond motifs is 1. The molecular formula is C20H18ClN3O. The van der Waals surface area contributed by atoms with Crippen LogP contribution in [-0.2, 0) is 4.79 Å². The van der Waals surface area contributed by atoms with E-state index in [0.717, 1.165) is 41.8 Å². The molecule has 126 valence electrons. The highest BCUT2D eigenvalue weighted by Crippen LogP contribution is 2.31. The summed E-state index contributed by atoms with van der Waals surface area (Å²) >= 11 is 5.89. The minimum Gasteiger partial charge on any atom is -0.340 e. The van der Waals surface area contributed by atoms with Crippen molar-refractivity contribution in [3.63, 3.8) is 0 Å². The average molecular weight is 352 g/mol. The monoisotopic (exact) mass is 351 g/mol. The fourth-order valence-electron chi connectivity index (χ4n) is 3.28. The highest BCUT2D eigenvalue weighted by molar-refractivity contribution is 6.30. The third-order valence-electron chi connectivity index (χ3n) is 4.55. The molecule has 1 aliphatic rings. The molecule has 0 aliphatic carbocycles. The standard InChI is InChI=1S/C20H18ClN3O/c21-15-10-7-14(8-11-15)9-12-19(25)24-13-3-6-18(24)20-22-16-4-1-2-5-17(16)23-20/h1-2,4-5,7-12,18H,3,6,13H2,(H,22,23)/b12-9+. The average Bonchev–Trinajstić information content (AvgIpc) is 3.27. The van der Waals surface area contributed by atoms with Gasteiger partial charge in [-0.15, -0.1) is 0 Å². The van der Waals surface area contributed by atoms with Crippen molar-refractivity contribution < 1.29 is 4.79 Å². The number of carbonyl (C=O) groups excluding carboxylic acids is 1. The van der Waals surface area contributed by atoms with Crippen LogP contribution in [-0.4, -0.2) is 27.3 Å². The first-order valence-corrected chi connectivity index (χ1v) is 8.77. The topological polar surface area (TPSA) is 49.0 Å². The van der Waals surface area contributed by atoms with E-state index in [4.69, 9.17) is 11.6 Å². The summed E-state index contributed by atoms with van der Waals surface area (Å²) in [6.45, 7) is 0.755. The van der Waals surface area contributed by atoms with Gasteiger partial charge in [-0.1, -0.05) is 35.9 Å². The number of aromatic nitrogens is 2. The number of nitrogens with zero attached hydrogens (tertiary/aromatic N) is 2. The maximum atomic E-state index is 12.7. The summed E-state index contributed by atoms with van der Waals surface area (Å²) in [6, 6.07) is 15.4. The number of likely N-dealkylation sites (tertiary alicyclic amines) is 1. The summed E-state index contributed by atoms with van der Waals surface area (Å²) in [5.41, 5.74) is 2.90. The summed E-state index contributed by atoms with van der Waals surface area (Å²) in [5, 5.41) is 0.688. The van der Waals surface area contributed by atoms with Gasteiger partial charge in [-0.2, -0.15) is 0 Å². The summed E-state index contributed by atoms with van der Waals surface area (Å²) in [5.74, 6) is 0.879. The van der Waals surface area contributed by atoms with Crippen LogP contribution in [0.2, 0.25) is 5.02 Å². The Balaban J connectivity index is 1.54. The van der Waals surface area contributed by atoms with Crippen LogP contribution in [0.1, 0.15) is 30.3 Å². The van der Waals surface area contributed by atoms with Gasteiger partial charge >= 0.3 is 0 Å². The molecule has 4 nitrogen and oxygen atoms in total. The Morgan fingerprint density at radius 1 is 1.20 bits per heavy atom. The van der Waals surface area contributed by atoms with E-state index in [0.29, 0.717) is 5.02 Å². The number of hydrogen-bond donors (Lipinski definition) is 1.